The highest BCUT2D eigenvalue weighted by molar-refractivity contribution is 9.10. The van der Waals surface area contributed by atoms with E-state index in [1.54, 1.807) is 18.0 Å². The molecule has 1 aliphatic heterocycles. The molecule has 1 heterocycles. The number of likely N-dealkylation sites (tertiary alicyclic amines) is 1. The summed E-state index contributed by atoms with van der Waals surface area (Å²) in [4.78, 5) is 42.6. The largest absolute Gasteiger partial charge is 0.357 e. The van der Waals surface area contributed by atoms with E-state index < -0.39 is 12.1 Å². The van der Waals surface area contributed by atoms with E-state index in [1.165, 1.54) is 0 Å². The van der Waals surface area contributed by atoms with Crippen molar-refractivity contribution in [3.05, 3.63) is 130 Å². The van der Waals surface area contributed by atoms with Crippen molar-refractivity contribution in [3.63, 3.8) is 0 Å². The van der Waals surface area contributed by atoms with Gasteiger partial charge in [-0.1, -0.05) is 101 Å². The Morgan fingerprint density at radius 3 is 2.36 bits per heavy atom. The molecule has 0 radical (unpaired) electrons. The molecule has 3 amide bonds. The van der Waals surface area contributed by atoms with Crippen molar-refractivity contribution in [2.24, 2.45) is 0 Å². The number of hydrogen-bond acceptors (Lipinski definition) is 3. The summed E-state index contributed by atoms with van der Waals surface area (Å²) in [6.07, 6.45) is 0.792. The number of nitrogens with zero attached hydrogens (tertiary/aromatic N) is 1. The second-order valence-corrected chi connectivity index (χ2v) is 11.5. The van der Waals surface area contributed by atoms with Gasteiger partial charge in [-0.25, -0.2) is 0 Å². The molecule has 3 atom stereocenters. The summed E-state index contributed by atoms with van der Waals surface area (Å²) < 4.78 is 0.852. The first-order chi connectivity index (χ1) is 20.4. The Bertz CT molecular complexity index is 1590. The molecule has 1 aliphatic rings. The van der Waals surface area contributed by atoms with E-state index in [0.29, 0.717) is 18.5 Å². The van der Waals surface area contributed by atoms with Gasteiger partial charge in [-0.15, -0.1) is 0 Å². The van der Waals surface area contributed by atoms with Crippen LogP contribution in [0.3, 0.4) is 0 Å². The highest BCUT2D eigenvalue weighted by Crippen LogP contribution is 2.33. The van der Waals surface area contributed by atoms with Gasteiger partial charge < -0.3 is 15.5 Å². The van der Waals surface area contributed by atoms with Crippen LogP contribution in [0.1, 0.15) is 39.4 Å². The zero-order chi connectivity index (χ0) is 29.6. The van der Waals surface area contributed by atoms with Crippen molar-refractivity contribution in [2.75, 3.05) is 13.6 Å². The number of carbonyl (C=O) groups is 3. The van der Waals surface area contributed by atoms with Crippen LogP contribution in [0.5, 0.6) is 0 Å². The molecule has 1 fully saturated rings. The molecule has 5 rings (SSSR count). The molecule has 42 heavy (non-hydrogen) atoms. The molecule has 7 heteroatoms. The van der Waals surface area contributed by atoms with Crippen molar-refractivity contribution in [2.45, 2.75) is 37.8 Å². The maximum Gasteiger partial charge on any atom is 0.251 e. The predicted molar refractivity (Wildman–Crippen MR) is 169 cm³/mol. The first-order valence-electron chi connectivity index (χ1n) is 14.1. The van der Waals surface area contributed by atoms with Crippen LogP contribution in [0.15, 0.2) is 108 Å². The van der Waals surface area contributed by atoms with Crippen LogP contribution in [-0.2, 0) is 16.0 Å². The minimum absolute atomic E-state index is 0.0167. The van der Waals surface area contributed by atoms with Gasteiger partial charge in [0, 0.05) is 36.0 Å². The lowest BCUT2D eigenvalue weighted by atomic mass is 9.96. The SMILES string of the molecule is CNC(=O)[C@@H]1C[C@H](c2ccccc2)CN1C(=O)[C@@H](Cc1ccccc1Br)NC(=O)c1cccc(-c2ccccc2C)c1. The molecule has 0 aliphatic carbocycles. The smallest absolute Gasteiger partial charge is 0.251 e. The van der Waals surface area contributed by atoms with Crippen LogP contribution < -0.4 is 10.6 Å². The fraction of sp³-hybridized carbons (Fsp3) is 0.229. The van der Waals surface area contributed by atoms with Crippen molar-refractivity contribution < 1.29 is 14.4 Å². The number of aryl methyl sites for hydroxylation is 1. The van der Waals surface area contributed by atoms with Gasteiger partial charge in [0.25, 0.3) is 5.91 Å². The Labute approximate surface area is 255 Å². The van der Waals surface area contributed by atoms with Gasteiger partial charge in [0.2, 0.25) is 11.8 Å². The number of halogens is 1. The topological polar surface area (TPSA) is 78.5 Å². The van der Waals surface area contributed by atoms with Gasteiger partial charge in [-0.2, -0.15) is 0 Å². The third-order valence-electron chi connectivity index (χ3n) is 7.97. The summed E-state index contributed by atoms with van der Waals surface area (Å²) in [6.45, 7) is 2.43. The molecule has 1 saturated heterocycles. The van der Waals surface area contributed by atoms with Crippen LogP contribution in [-0.4, -0.2) is 48.3 Å². The maximum absolute atomic E-state index is 14.3. The highest BCUT2D eigenvalue weighted by Gasteiger charge is 2.42. The molecular weight excluding hydrogens is 590 g/mol. The van der Waals surface area contributed by atoms with E-state index >= 15 is 0 Å². The van der Waals surface area contributed by atoms with Crippen molar-refractivity contribution in [1.29, 1.82) is 0 Å². The zero-order valence-electron chi connectivity index (χ0n) is 23.7. The lowest BCUT2D eigenvalue weighted by molar-refractivity contribution is -0.139. The van der Waals surface area contributed by atoms with Gasteiger partial charge in [-0.3, -0.25) is 14.4 Å². The minimum Gasteiger partial charge on any atom is -0.357 e. The first kappa shape index (κ1) is 29.3. The summed E-state index contributed by atoms with van der Waals surface area (Å²) in [5, 5.41) is 5.76. The van der Waals surface area contributed by atoms with Crippen molar-refractivity contribution >= 4 is 33.7 Å². The van der Waals surface area contributed by atoms with Crippen molar-refractivity contribution in [3.8, 4) is 11.1 Å². The fourth-order valence-corrected chi connectivity index (χ4v) is 6.16. The Balaban J connectivity index is 1.45. The molecule has 0 saturated carbocycles. The van der Waals surface area contributed by atoms with Crippen LogP contribution in [0.25, 0.3) is 11.1 Å². The molecule has 0 bridgehead atoms. The molecule has 0 aromatic heterocycles. The van der Waals surface area contributed by atoms with Gasteiger partial charge in [0.05, 0.1) is 0 Å². The number of nitrogens with one attached hydrogen (secondary N) is 2. The number of hydrogen-bond donors (Lipinski definition) is 2. The van der Waals surface area contributed by atoms with Crippen LogP contribution >= 0.6 is 15.9 Å². The average molecular weight is 625 g/mol. The summed E-state index contributed by atoms with van der Waals surface area (Å²) >= 11 is 3.60. The van der Waals surface area contributed by atoms with E-state index in [4.69, 9.17) is 0 Å². The van der Waals surface area contributed by atoms with Gasteiger partial charge in [0.1, 0.15) is 12.1 Å². The highest BCUT2D eigenvalue weighted by atomic mass is 79.9. The Kier molecular flexibility index (Phi) is 9.18. The van der Waals surface area contributed by atoms with Crippen molar-refractivity contribution in [1.82, 2.24) is 15.5 Å². The summed E-state index contributed by atoms with van der Waals surface area (Å²) in [5.74, 6) is -0.811. The van der Waals surface area contributed by atoms with E-state index in [-0.39, 0.29) is 30.1 Å². The first-order valence-corrected chi connectivity index (χ1v) is 14.9. The molecule has 4 aromatic rings. The Morgan fingerprint density at radius 2 is 1.62 bits per heavy atom. The summed E-state index contributed by atoms with van der Waals surface area (Å²) in [6, 6.07) is 31.6. The normalized spacial score (nSPS) is 17.0. The number of amides is 3. The monoisotopic (exact) mass is 623 g/mol. The summed E-state index contributed by atoms with van der Waals surface area (Å²) in [5.41, 5.74) is 5.53. The van der Waals surface area contributed by atoms with Gasteiger partial charge in [0.15, 0.2) is 0 Å². The van der Waals surface area contributed by atoms with E-state index in [1.807, 2.05) is 104 Å². The third-order valence-corrected chi connectivity index (χ3v) is 8.74. The number of carbonyl (C=O) groups excluding carboxylic acids is 3. The molecular formula is C35H34BrN3O3. The number of benzene rings is 4. The lowest BCUT2D eigenvalue weighted by Gasteiger charge is -2.29. The fourth-order valence-electron chi connectivity index (χ4n) is 5.71. The molecule has 6 nitrogen and oxygen atoms in total. The van der Waals surface area contributed by atoms with Gasteiger partial charge >= 0.3 is 0 Å². The number of rotatable bonds is 8. The van der Waals surface area contributed by atoms with Crippen LogP contribution in [0, 0.1) is 6.92 Å². The summed E-state index contributed by atoms with van der Waals surface area (Å²) in [7, 11) is 1.59. The minimum atomic E-state index is -0.875. The molecule has 214 valence electrons. The quantitative estimate of drug-likeness (QED) is 0.257. The standard InChI is InChI=1S/C35H34BrN3O3/c1-23-11-6-8-17-29(23)25-15-10-16-27(19-25)33(40)38-31(20-26-14-7-9-18-30(26)36)35(42)39-22-28(21-32(39)34(41)37-2)24-12-4-3-5-13-24/h3-19,28,31-32H,20-22H2,1-2H3,(H,37,41)(H,38,40)/t28-,31+,32-/m0/s1. The molecule has 4 aromatic carbocycles. The average Bonchev–Trinajstić information content (AvgIpc) is 3.47. The molecule has 2 N–H and O–H groups in total. The molecule has 0 spiro atoms. The number of likely N-dealkylation sites (N-methyl/N-ethyl adjacent to an activating group) is 1. The zero-order valence-corrected chi connectivity index (χ0v) is 25.3. The second-order valence-electron chi connectivity index (χ2n) is 10.7. The molecule has 0 unspecified atom stereocenters. The third kappa shape index (κ3) is 6.47. The van der Waals surface area contributed by atoms with Gasteiger partial charge in [-0.05, 0) is 59.4 Å². The lowest BCUT2D eigenvalue weighted by Crippen LogP contribution is -2.54. The second kappa shape index (κ2) is 13.2. The van der Waals surface area contributed by atoms with E-state index in [9.17, 15) is 14.4 Å². The van der Waals surface area contributed by atoms with Crippen LogP contribution in [0.2, 0.25) is 0 Å². The van der Waals surface area contributed by atoms with E-state index in [2.05, 4.69) is 26.6 Å². The maximum atomic E-state index is 14.3. The Hall–Kier alpha value is -4.23. The van der Waals surface area contributed by atoms with Crippen LogP contribution in [0.4, 0.5) is 0 Å². The predicted octanol–water partition coefficient (Wildman–Crippen LogP) is 5.90. The Morgan fingerprint density at radius 1 is 0.905 bits per heavy atom. The van der Waals surface area contributed by atoms with E-state index in [0.717, 1.165) is 32.3 Å².